The molecule has 1 fully saturated rings. The number of aromatic nitrogens is 3. The van der Waals surface area contributed by atoms with Gasteiger partial charge in [0.15, 0.2) is 5.78 Å². The van der Waals surface area contributed by atoms with Crippen LogP contribution in [-0.2, 0) is 11.2 Å². The maximum Gasteiger partial charge on any atom is 0.268 e. The number of aromatic amines is 2. The number of unbranched alkanes of at least 4 members (excludes halogenated alkanes) is 1. The van der Waals surface area contributed by atoms with Crippen LogP contribution in [0.15, 0.2) is 18.2 Å². The number of carbonyl (C=O) groups excluding carboxylic acids is 2. The molecule has 210 valence electrons. The van der Waals surface area contributed by atoms with Crippen LogP contribution in [0.4, 0.5) is 0 Å². The van der Waals surface area contributed by atoms with Crippen molar-refractivity contribution < 1.29 is 19.1 Å². The Kier molecular flexibility index (Phi) is 8.09. The lowest BCUT2D eigenvalue weighted by Gasteiger charge is -2.28. The van der Waals surface area contributed by atoms with E-state index in [9.17, 15) is 9.59 Å². The summed E-state index contributed by atoms with van der Waals surface area (Å²) in [6, 6.07) is 5.59. The minimum absolute atomic E-state index is 0.108. The van der Waals surface area contributed by atoms with Crippen molar-refractivity contribution in [3.8, 4) is 5.75 Å². The Morgan fingerprint density at radius 2 is 2.03 bits per heavy atom. The number of morpholine rings is 1. The number of fused-ring (bicyclic) bond motifs is 2. The zero-order valence-corrected chi connectivity index (χ0v) is 23.6. The first-order valence-electron chi connectivity index (χ1n) is 14.2. The van der Waals surface area contributed by atoms with E-state index in [0.717, 1.165) is 92.4 Å². The molecule has 1 unspecified atom stereocenters. The highest BCUT2D eigenvalue weighted by molar-refractivity contribution is 6.04. The molecule has 1 amide bonds. The molecular weight excluding hydrogens is 494 g/mol. The Morgan fingerprint density at radius 1 is 1.23 bits per heavy atom. The highest BCUT2D eigenvalue weighted by Gasteiger charge is 2.35. The highest BCUT2D eigenvalue weighted by Crippen LogP contribution is 2.37. The van der Waals surface area contributed by atoms with Gasteiger partial charge >= 0.3 is 0 Å². The van der Waals surface area contributed by atoms with Crippen molar-refractivity contribution in [2.75, 3.05) is 39.5 Å². The van der Waals surface area contributed by atoms with Crippen molar-refractivity contribution in [3.05, 3.63) is 46.5 Å². The van der Waals surface area contributed by atoms with Gasteiger partial charge in [-0.3, -0.25) is 14.5 Å². The topological polar surface area (TPSA) is 112 Å². The SMILES string of the molecule is CCCCC(NC(=O)c1[nH]c2c(c1C)C(=O)CC(C)(C)C2)c1nc2ccc(OCCN3CCOCC3)cc2[nH]1. The number of hydrogen-bond donors (Lipinski definition) is 3. The number of Topliss-reactive ketones (excluding diaryl/α,β-unsaturated/α-hetero) is 1. The van der Waals surface area contributed by atoms with Crippen LogP contribution in [0.25, 0.3) is 11.0 Å². The number of ether oxygens (including phenoxy) is 2. The third kappa shape index (κ3) is 6.20. The average molecular weight is 536 g/mol. The van der Waals surface area contributed by atoms with E-state index in [1.54, 1.807) is 0 Å². The summed E-state index contributed by atoms with van der Waals surface area (Å²) in [4.78, 5) is 40.2. The first-order valence-corrected chi connectivity index (χ1v) is 14.2. The molecule has 2 aromatic heterocycles. The van der Waals surface area contributed by atoms with Gasteiger partial charge in [0.05, 0.1) is 30.3 Å². The van der Waals surface area contributed by atoms with Crippen molar-refractivity contribution in [3.63, 3.8) is 0 Å². The Morgan fingerprint density at radius 3 is 2.79 bits per heavy atom. The number of H-pyrrole nitrogens is 2. The van der Waals surface area contributed by atoms with Crippen molar-refractivity contribution >= 4 is 22.7 Å². The van der Waals surface area contributed by atoms with Crippen molar-refractivity contribution in [1.29, 1.82) is 0 Å². The molecule has 1 atom stereocenters. The minimum atomic E-state index is -0.276. The summed E-state index contributed by atoms with van der Waals surface area (Å²) in [6.07, 6.45) is 3.97. The first kappa shape index (κ1) is 27.4. The second kappa shape index (κ2) is 11.5. The third-order valence-corrected chi connectivity index (χ3v) is 7.86. The third-order valence-electron chi connectivity index (χ3n) is 7.86. The molecule has 1 aromatic carbocycles. The van der Waals surface area contributed by atoms with Crippen LogP contribution in [0.5, 0.6) is 5.75 Å². The van der Waals surface area contributed by atoms with Crippen LogP contribution in [0, 0.1) is 12.3 Å². The summed E-state index contributed by atoms with van der Waals surface area (Å²) in [6.45, 7) is 13.1. The fourth-order valence-electron chi connectivity index (χ4n) is 5.76. The number of amides is 1. The summed E-state index contributed by atoms with van der Waals surface area (Å²) in [5, 5.41) is 3.19. The van der Waals surface area contributed by atoms with Gasteiger partial charge in [0.2, 0.25) is 0 Å². The van der Waals surface area contributed by atoms with Gasteiger partial charge in [-0.1, -0.05) is 33.6 Å². The average Bonchev–Trinajstić information content (AvgIpc) is 3.47. The number of ketones is 1. The summed E-state index contributed by atoms with van der Waals surface area (Å²) >= 11 is 0. The molecule has 3 aromatic rings. The van der Waals surface area contributed by atoms with Crippen molar-refractivity contribution in [1.82, 2.24) is 25.2 Å². The molecule has 9 heteroatoms. The fraction of sp³-hybridized carbons (Fsp3) is 0.567. The van der Waals surface area contributed by atoms with E-state index >= 15 is 0 Å². The number of hydrogen-bond acceptors (Lipinski definition) is 6. The van der Waals surface area contributed by atoms with Gasteiger partial charge in [-0.2, -0.15) is 0 Å². The van der Waals surface area contributed by atoms with Crippen LogP contribution < -0.4 is 10.1 Å². The van der Waals surface area contributed by atoms with Gasteiger partial charge < -0.3 is 24.8 Å². The minimum Gasteiger partial charge on any atom is -0.492 e. The molecular formula is C30H41N5O4. The number of rotatable bonds is 10. The van der Waals surface area contributed by atoms with E-state index in [4.69, 9.17) is 14.5 Å². The van der Waals surface area contributed by atoms with Gasteiger partial charge in [-0.15, -0.1) is 0 Å². The predicted octanol–water partition coefficient (Wildman–Crippen LogP) is 4.73. The maximum absolute atomic E-state index is 13.5. The lowest BCUT2D eigenvalue weighted by Crippen LogP contribution is -2.38. The molecule has 1 saturated heterocycles. The first-order chi connectivity index (χ1) is 18.7. The molecule has 0 saturated carbocycles. The number of imidazole rings is 1. The lowest BCUT2D eigenvalue weighted by molar-refractivity contribution is 0.0322. The lowest BCUT2D eigenvalue weighted by atomic mass is 9.75. The van der Waals surface area contributed by atoms with Crippen LogP contribution in [-0.4, -0.2) is 71.0 Å². The Labute approximate surface area is 230 Å². The second-order valence-corrected chi connectivity index (χ2v) is 11.7. The van der Waals surface area contributed by atoms with E-state index in [1.165, 1.54) is 0 Å². The molecule has 5 rings (SSSR count). The normalized spacial score (nSPS) is 18.2. The van der Waals surface area contributed by atoms with Crippen molar-refractivity contribution in [2.45, 2.75) is 65.8 Å². The largest absolute Gasteiger partial charge is 0.492 e. The van der Waals surface area contributed by atoms with Gasteiger partial charge in [0.25, 0.3) is 5.91 Å². The zero-order chi connectivity index (χ0) is 27.6. The number of nitrogens with zero attached hydrogens (tertiary/aromatic N) is 2. The molecule has 2 aliphatic rings. The smallest absolute Gasteiger partial charge is 0.268 e. The second-order valence-electron chi connectivity index (χ2n) is 11.7. The van der Waals surface area contributed by atoms with Crippen LogP contribution >= 0.6 is 0 Å². The summed E-state index contributed by atoms with van der Waals surface area (Å²) in [5.41, 5.74) is 4.37. The van der Waals surface area contributed by atoms with Gasteiger partial charge in [0.1, 0.15) is 23.9 Å². The molecule has 3 heterocycles. The van der Waals surface area contributed by atoms with E-state index in [0.29, 0.717) is 24.3 Å². The molecule has 0 bridgehead atoms. The van der Waals surface area contributed by atoms with E-state index < -0.39 is 0 Å². The highest BCUT2D eigenvalue weighted by atomic mass is 16.5. The fourth-order valence-corrected chi connectivity index (χ4v) is 5.76. The van der Waals surface area contributed by atoms with E-state index in [2.05, 4.69) is 41.0 Å². The van der Waals surface area contributed by atoms with Gasteiger partial charge in [-0.05, 0) is 42.9 Å². The molecule has 1 aliphatic carbocycles. The number of benzene rings is 1. The summed E-state index contributed by atoms with van der Waals surface area (Å²) in [5.74, 6) is 1.42. The molecule has 1 aliphatic heterocycles. The standard InChI is InChI=1S/C30H41N5O4/c1-5-6-7-22(34-29(37)27-19(2)26-24(31-27)17-30(3,4)18-25(26)36)28-32-21-9-8-20(16-23(21)33-28)39-15-12-35-10-13-38-14-11-35/h8-9,16,22,31H,5-7,10-15,17-18H2,1-4H3,(H,32,33)(H,34,37). The Balaban J connectivity index is 1.30. The van der Waals surface area contributed by atoms with Crippen molar-refractivity contribution in [2.24, 2.45) is 5.41 Å². The quantitative estimate of drug-likeness (QED) is 0.346. The summed E-state index contributed by atoms with van der Waals surface area (Å²) in [7, 11) is 0. The Bertz CT molecular complexity index is 1330. The van der Waals surface area contributed by atoms with Crippen LogP contribution in [0.3, 0.4) is 0 Å². The van der Waals surface area contributed by atoms with Gasteiger partial charge in [-0.25, -0.2) is 4.98 Å². The molecule has 39 heavy (non-hydrogen) atoms. The van der Waals surface area contributed by atoms with Gasteiger partial charge in [0, 0.05) is 43.4 Å². The molecule has 0 spiro atoms. The molecule has 0 radical (unpaired) electrons. The molecule has 9 nitrogen and oxygen atoms in total. The van der Waals surface area contributed by atoms with E-state index in [-0.39, 0.29) is 23.1 Å². The summed E-state index contributed by atoms with van der Waals surface area (Å²) < 4.78 is 11.4. The predicted molar refractivity (Wildman–Crippen MR) is 151 cm³/mol. The number of carbonyl (C=O) groups is 2. The van der Waals surface area contributed by atoms with E-state index in [1.807, 2.05) is 25.1 Å². The Hall–Kier alpha value is -3.17. The zero-order valence-electron chi connectivity index (χ0n) is 23.6. The molecule has 3 N–H and O–H groups in total. The monoisotopic (exact) mass is 535 g/mol. The van der Waals surface area contributed by atoms with Crippen LogP contribution in [0.1, 0.15) is 90.4 Å². The maximum atomic E-state index is 13.5. The van der Waals surface area contributed by atoms with Crippen LogP contribution in [0.2, 0.25) is 0 Å². The number of nitrogens with one attached hydrogen (secondary N) is 3.